The van der Waals surface area contributed by atoms with Crippen molar-refractivity contribution in [2.45, 2.75) is 46.6 Å². The molecular formula is C12H21N3O2S. The summed E-state index contributed by atoms with van der Waals surface area (Å²) in [5.41, 5.74) is 0. The van der Waals surface area contributed by atoms with Gasteiger partial charge in [-0.05, 0) is 18.3 Å². The van der Waals surface area contributed by atoms with Gasteiger partial charge in [-0.15, -0.1) is 0 Å². The number of nitrogens with one attached hydrogen (secondary N) is 1. The fourth-order valence-electron chi connectivity index (χ4n) is 1.60. The van der Waals surface area contributed by atoms with Crippen molar-refractivity contribution in [2.24, 2.45) is 11.8 Å². The van der Waals surface area contributed by atoms with Gasteiger partial charge in [0, 0.05) is 18.0 Å². The monoisotopic (exact) mass is 271 g/mol. The Morgan fingerprint density at radius 3 is 2.50 bits per heavy atom. The second-order valence-corrected chi connectivity index (χ2v) is 6.03. The first-order valence-electron chi connectivity index (χ1n) is 6.20. The predicted octanol–water partition coefficient (Wildman–Crippen LogP) is 2.65. The Bertz CT molecular complexity index is 390. The molecule has 5 nitrogen and oxygen atoms in total. The number of carboxylic acids is 1. The second kappa shape index (κ2) is 6.68. The Kier molecular flexibility index (Phi) is 5.53. The molecule has 1 heterocycles. The summed E-state index contributed by atoms with van der Waals surface area (Å²) in [6.07, 6.45) is 1.40. The van der Waals surface area contributed by atoms with Gasteiger partial charge in [-0.2, -0.15) is 4.37 Å². The number of carboxylic acid groups (broad SMARTS) is 1. The van der Waals surface area contributed by atoms with E-state index in [4.69, 9.17) is 5.11 Å². The minimum Gasteiger partial charge on any atom is -0.480 e. The van der Waals surface area contributed by atoms with Crippen molar-refractivity contribution in [1.82, 2.24) is 9.36 Å². The number of rotatable bonds is 7. The number of nitrogens with zero attached hydrogens (tertiary/aromatic N) is 2. The summed E-state index contributed by atoms with van der Waals surface area (Å²) < 4.78 is 4.22. The highest BCUT2D eigenvalue weighted by atomic mass is 32.1. The van der Waals surface area contributed by atoms with E-state index in [9.17, 15) is 4.79 Å². The molecule has 0 amide bonds. The van der Waals surface area contributed by atoms with Crippen LogP contribution in [-0.2, 0) is 11.2 Å². The van der Waals surface area contributed by atoms with Crippen molar-refractivity contribution in [1.29, 1.82) is 0 Å². The first-order chi connectivity index (χ1) is 8.38. The Hall–Kier alpha value is -1.17. The minimum atomic E-state index is -0.843. The van der Waals surface area contributed by atoms with Crippen molar-refractivity contribution < 1.29 is 9.90 Å². The van der Waals surface area contributed by atoms with Gasteiger partial charge in [-0.25, -0.2) is 9.78 Å². The third kappa shape index (κ3) is 5.00. The summed E-state index contributed by atoms with van der Waals surface area (Å²) in [6, 6.07) is -0.593. The molecule has 18 heavy (non-hydrogen) atoms. The zero-order valence-electron chi connectivity index (χ0n) is 11.3. The van der Waals surface area contributed by atoms with E-state index >= 15 is 0 Å². The lowest BCUT2D eigenvalue weighted by Crippen LogP contribution is -2.30. The van der Waals surface area contributed by atoms with Crippen LogP contribution in [0.1, 0.15) is 39.9 Å². The molecule has 0 aliphatic heterocycles. The number of hydrogen-bond donors (Lipinski definition) is 2. The highest BCUT2D eigenvalue weighted by Gasteiger charge is 2.20. The maximum Gasteiger partial charge on any atom is 0.326 e. The third-order valence-corrected chi connectivity index (χ3v) is 3.05. The summed E-state index contributed by atoms with van der Waals surface area (Å²) in [5, 5.41) is 12.7. The molecule has 1 atom stereocenters. The van der Waals surface area contributed by atoms with Crippen LogP contribution in [-0.4, -0.2) is 26.5 Å². The van der Waals surface area contributed by atoms with Gasteiger partial charge in [-0.1, -0.05) is 27.7 Å². The van der Waals surface area contributed by atoms with Gasteiger partial charge < -0.3 is 10.4 Å². The first-order valence-corrected chi connectivity index (χ1v) is 6.97. The lowest BCUT2D eigenvalue weighted by molar-refractivity contribution is -0.138. The van der Waals surface area contributed by atoms with Crippen LogP contribution in [0.25, 0.3) is 0 Å². The van der Waals surface area contributed by atoms with Crippen molar-refractivity contribution in [3.05, 3.63) is 5.82 Å². The fraction of sp³-hybridized carbons (Fsp3) is 0.750. The zero-order chi connectivity index (χ0) is 13.7. The van der Waals surface area contributed by atoms with Crippen molar-refractivity contribution in [3.63, 3.8) is 0 Å². The normalized spacial score (nSPS) is 13.0. The summed E-state index contributed by atoms with van der Waals surface area (Å²) in [4.78, 5) is 15.4. The van der Waals surface area contributed by atoms with Gasteiger partial charge in [0.05, 0.1) is 0 Å². The molecule has 0 unspecified atom stereocenters. The van der Waals surface area contributed by atoms with E-state index in [1.165, 1.54) is 11.5 Å². The highest BCUT2D eigenvalue weighted by molar-refractivity contribution is 7.09. The van der Waals surface area contributed by atoms with E-state index < -0.39 is 12.0 Å². The third-order valence-electron chi connectivity index (χ3n) is 2.36. The molecule has 0 aliphatic rings. The van der Waals surface area contributed by atoms with Gasteiger partial charge in [0.15, 0.2) is 0 Å². The topological polar surface area (TPSA) is 75.1 Å². The van der Waals surface area contributed by atoms with Crippen LogP contribution in [0, 0.1) is 11.8 Å². The van der Waals surface area contributed by atoms with Crippen molar-refractivity contribution in [2.75, 3.05) is 5.32 Å². The molecule has 0 spiro atoms. The average molecular weight is 271 g/mol. The number of aliphatic carboxylic acids is 1. The van der Waals surface area contributed by atoms with E-state index in [0.29, 0.717) is 23.4 Å². The van der Waals surface area contributed by atoms with Crippen LogP contribution < -0.4 is 5.32 Å². The summed E-state index contributed by atoms with van der Waals surface area (Å²) in [7, 11) is 0. The summed E-state index contributed by atoms with van der Waals surface area (Å²) in [6.45, 7) is 8.21. The number of anilines is 1. The molecule has 0 radical (unpaired) electrons. The number of aromatic nitrogens is 2. The minimum absolute atomic E-state index is 0.321. The smallest absolute Gasteiger partial charge is 0.326 e. The van der Waals surface area contributed by atoms with E-state index in [2.05, 4.69) is 28.5 Å². The zero-order valence-corrected chi connectivity index (χ0v) is 12.1. The fourth-order valence-corrected chi connectivity index (χ4v) is 2.25. The second-order valence-electron chi connectivity index (χ2n) is 5.28. The molecule has 0 fully saturated rings. The Morgan fingerprint density at radius 2 is 2.00 bits per heavy atom. The van der Waals surface area contributed by atoms with E-state index in [1.807, 2.05) is 13.8 Å². The molecule has 0 aliphatic carbocycles. The van der Waals surface area contributed by atoms with Crippen LogP contribution >= 0.6 is 11.5 Å². The molecule has 2 N–H and O–H groups in total. The van der Waals surface area contributed by atoms with Gasteiger partial charge in [0.1, 0.15) is 11.9 Å². The molecule has 0 saturated carbocycles. The summed E-state index contributed by atoms with van der Waals surface area (Å²) >= 11 is 1.23. The van der Waals surface area contributed by atoms with E-state index in [1.54, 1.807) is 0 Å². The average Bonchev–Trinajstić information content (AvgIpc) is 2.62. The molecule has 6 heteroatoms. The Labute approximate surface area is 112 Å². The maximum absolute atomic E-state index is 11.1. The standard InChI is InChI=1S/C12H21N3O2S/c1-7(2)5-9(11(16)17)13-12-14-10(15-18-12)6-8(3)4/h7-9H,5-6H2,1-4H3,(H,16,17)(H,13,14,15)/t9-/m0/s1. The molecule has 1 aromatic heterocycles. The Balaban J connectivity index is 2.63. The van der Waals surface area contributed by atoms with E-state index in [-0.39, 0.29) is 0 Å². The van der Waals surface area contributed by atoms with Crippen molar-refractivity contribution in [3.8, 4) is 0 Å². The van der Waals surface area contributed by atoms with Gasteiger partial charge >= 0.3 is 5.97 Å². The molecule has 102 valence electrons. The van der Waals surface area contributed by atoms with Crippen LogP contribution in [0.5, 0.6) is 0 Å². The first kappa shape index (κ1) is 14.9. The lowest BCUT2D eigenvalue weighted by Gasteiger charge is -2.15. The van der Waals surface area contributed by atoms with Gasteiger partial charge in [0.2, 0.25) is 5.13 Å². The largest absolute Gasteiger partial charge is 0.480 e. The quantitative estimate of drug-likeness (QED) is 0.797. The maximum atomic E-state index is 11.1. The van der Waals surface area contributed by atoms with Crippen molar-refractivity contribution >= 4 is 22.6 Å². The molecule has 0 saturated heterocycles. The van der Waals surface area contributed by atoms with Crippen LogP contribution in [0.2, 0.25) is 0 Å². The van der Waals surface area contributed by atoms with Gasteiger partial charge in [-0.3, -0.25) is 0 Å². The number of hydrogen-bond acceptors (Lipinski definition) is 5. The molecule has 0 bridgehead atoms. The van der Waals surface area contributed by atoms with E-state index in [0.717, 1.165) is 12.2 Å². The molecule has 1 rings (SSSR count). The Morgan fingerprint density at radius 1 is 1.33 bits per heavy atom. The molecule has 0 aromatic carbocycles. The van der Waals surface area contributed by atoms with Crippen LogP contribution in [0.3, 0.4) is 0 Å². The highest BCUT2D eigenvalue weighted by Crippen LogP contribution is 2.17. The lowest BCUT2D eigenvalue weighted by atomic mass is 10.0. The summed E-state index contributed by atoms with van der Waals surface area (Å²) in [5.74, 6) is 0.760. The SMILES string of the molecule is CC(C)Cc1nsc(N[C@@H](CC(C)C)C(=O)O)n1. The molecular weight excluding hydrogens is 250 g/mol. The van der Waals surface area contributed by atoms with Crippen LogP contribution in [0.15, 0.2) is 0 Å². The van der Waals surface area contributed by atoms with Gasteiger partial charge in [0.25, 0.3) is 0 Å². The number of carbonyl (C=O) groups is 1. The predicted molar refractivity (Wildman–Crippen MR) is 73.0 cm³/mol. The molecule has 1 aromatic rings. The van der Waals surface area contributed by atoms with Crippen LogP contribution in [0.4, 0.5) is 5.13 Å².